The predicted octanol–water partition coefficient (Wildman–Crippen LogP) is -5.14. The van der Waals surface area contributed by atoms with Crippen LogP contribution < -0.4 is 41.7 Å². The normalized spacial score (nSPS) is 12.5. The molecule has 1 aliphatic rings. The SMILES string of the molecule is [3H]n1ccc(OCc2c(-n3nnn(C)c3=O)nnn2C)n1.[3H]n1ccc(OCc2c(-n3nnn(C)c3=O)nnn2C2CC2)n1.[3H]n1ccc(OCc2c(-n3nnn(C)c3=O)nnn2CC)n1.[3H]n1ccc(OCc2n[nH]nc2-n2nnn(C)c2=O)n1. The molecule has 12 heterocycles. The Morgan fingerprint density at radius 2 is 0.841 bits per heavy atom. The zero-order chi connectivity index (χ0) is 60.8. The van der Waals surface area contributed by atoms with E-state index in [9.17, 15) is 19.2 Å². The number of aromatic amines is 5. The highest BCUT2D eigenvalue weighted by Gasteiger charge is 2.31. The van der Waals surface area contributed by atoms with E-state index >= 15 is 0 Å². The van der Waals surface area contributed by atoms with Gasteiger partial charge in [0.2, 0.25) is 46.8 Å². The molecule has 12 aromatic heterocycles. The van der Waals surface area contributed by atoms with E-state index in [2.05, 4.69) is 108 Å². The van der Waals surface area contributed by atoms with E-state index in [0.29, 0.717) is 41.0 Å². The summed E-state index contributed by atoms with van der Waals surface area (Å²) in [6.45, 7) is 2.72. The van der Waals surface area contributed by atoms with Gasteiger partial charge in [0.05, 0.1) is 6.04 Å². The second-order valence-electron chi connectivity index (χ2n) is 16.6. The fraction of sp³-hybridized carbons (Fsp3) is 0.368. The number of aromatic nitrogens is 36. The molecule has 0 unspecified atom stereocenters. The summed E-state index contributed by atoms with van der Waals surface area (Å²) in [5.41, 5.74) is 0.343. The average molecular weight is 1140 g/mol. The van der Waals surface area contributed by atoms with Crippen LogP contribution in [0.25, 0.3) is 23.3 Å². The molecule has 44 heteroatoms. The Balaban J connectivity index is 0.000000127. The number of hydrogen-bond acceptors (Lipinski definition) is 28. The number of nitrogens with one attached hydrogen (secondary N) is 5. The monoisotopic (exact) mass is 1140 g/mol. The van der Waals surface area contributed by atoms with E-state index in [1.165, 1.54) is 63.7 Å². The third-order valence-electron chi connectivity index (χ3n) is 11.2. The van der Waals surface area contributed by atoms with Crippen LogP contribution in [0.15, 0.2) is 68.2 Å². The summed E-state index contributed by atoms with van der Waals surface area (Å²) in [5, 5.41) is 82.1. The Labute approximate surface area is 458 Å². The van der Waals surface area contributed by atoms with Crippen LogP contribution in [0.3, 0.4) is 0 Å². The Bertz CT molecular complexity index is 4480. The van der Waals surface area contributed by atoms with E-state index in [-0.39, 0.29) is 67.6 Å². The van der Waals surface area contributed by atoms with Gasteiger partial charge in [0.15, 0.2) is 5.65 Å². The van der Waals surface area contributed by atoms with Crippen LogP contribution in [0.5, 0.6) is 23.5 Å². The lowest BCUT2D eigenvalue weighted by Crippen LogP contribution is -2.23. The first-order valence-corrected chi connectivity index (χ1v) is 23.8. The number of rotatable bonds is 18. The molecule has 0 radical (unpaired) electrons. The molecule has 13 rings (SSSR count). The Morgan fingerprint density at radius 1 is 0.451 bits per heavy atom. The van der Waals surface area contributed by atoms with E-state index in [4.69, 9.17) is 24.6 Å². The third kappa shape index (κ3) is 11.7. The fourth-order valence-corrected chi connectivity index (χ4v) is 6.84. The van der Waals surface area contributed by atoms with Crippen LogP contribution >= 0.6 is 0 Å². The minimum Gasteiger partial charge on any atom is -0.470 e. The molecule has 1 fully saturated rings. The van der Waals surface area contributed by atoms with E-state index in [0.717, 1.165) is 70.7 Å². The number of ether oxygens (including phenoxy) is 4. The molecule has 5 N–H and O–H groups in total. The smallest absolute Gasteiger partial charge is 0.369 e. The average Bonchev–Trinajstić information content (AvgIpc) is 2.22. The summed E-state index contributed by atoms with van der Waals surface area (Å²) in [6, 6.07) is 6.47. The first-order chi connectivity index (χ1) is 41.4. The lowest BCUT2D eigenvalue weighted by Gasteiger charge is -2.06. The van der Waals surface area contributed by atoms with Crippen LogP contribution in [0, 0.1) is 0 Å². The van der Waals surface area contributed by atoms with E-state index in [1.54, 1.807) is 34.6 Å². The molecule has 426 valence electrons. The van der Waals surface area contributed by atoms with Crippen molar-refractivity contribution in [2.75, 3.05) is 0 Å². The minimum atomic E-state index is -0.449. The van der Waals surface area contributed by atoms with Crippen LogP contribution in [0.1, 0.15) is 48.6 Å². The summed E-state index contributed by atoms with van der Waals surface area (Å²) < 4.78 is 64.3. The van der Waals surface area contributed by atoms with Crippen LogP contribution in [0.4, 0.5) is 0 Å². The van der Waals surface area contributed by atoms with Crippen molar-refractivity contribution in [3.05, 3.63) is 114 Å². The largest absolute Gasteiger partial charge is 0.470 e. The Kier molecular flexibility index (Phi) is 14.0. The van der Waals surface area contributed by atoms with Gasteiger partial charge in [-0.3, -0.25) is 20.4 Å². The van der Waals surface area contributed by atoms with Gasteiger partial charge in [-0.05, 0) is 61.5 Å². The third-order valence-corrected chi connectivity index (χ3v) is 11.2. The zero-order valence-electron chi connectivity index (χ0n) is 47.6. The maximum absolute atomic E-state index is 12.0. The lowest BCUT2D eigenvalue weighted by atomic mass is 10.4. The molecular formula is C38H46N36O8. The lowest BCUT2D eigenvalue weighted by molar-refractivity contribution is 0.279. The van der Waals surface area contributed by atoms with Crippen molar-refractivity contribution in [1.82, 2.24) is 180 Å². The summed E-state index contributed by atoms with van der Waals surface area (Å²) >= 11 is 0. The predicted molar refractivity (Wildman–Crippen MR) is 264 cm³/mol. The second kappa shape index (κ2) is 23.8. The minimum absolute atomic E-state index is 0.0197. The number of hydrogen-bond donors (Lipinski definition) is 5. The summed E-state index contributed by atoms with van der Waals surface area (Å²) in [4.78, 5) is 47.6. The van der Waals surface area contributed by atoms with Crippen molar-refractivity contribution < 1.29 is 24.6 Å². The molecule has 12 aromatic rings. The molecule has 0 bridgehead atoms. The summed E-state index contributed by atoms with van der Waals surface area (Å²) in [5.74, 6) is 2.13. The highest BCUT2D eigenvalue weighted by atomic mass is 16.5. The van der Waals surface area contributed by atoms with Gasteiger partial charge in [-0.2, -0.15) is 29.0 Å². The number of nitrogens with zero attached hydrogens (tertiary/aromatic N) is 31. The Morgan fingerprint density at radius 3 is 1.26 bits per heavy atom. The molecule has 0 atom stereocenters. The van der Waals surface area contributed by atoms with Crippen molar-refractivity contribution >= 4 is 0 Å². The van der Waals surface area contributed by atoms with Crippen molar-refractivity contribution in [1.29, 1.82) is 0 Å². The van der Waals surface area contributed by atoms with Gasteiger partial charge < -0.3 is 18.9 Å². The molecular weight excluding hydrogens is 1090 g/mol. The quantitative estimate of drug-likeness (QED) is 0.0536. The van der Waals surface area contributed by atoms with Crippen molar-refractivity contribution in [2.24, 2.45) is 35.2 Å². The highest BCUT2D eigenvalue weighted by Crippen LogP contribution is 2.36. The maximum Gasteiger partial charge on any atom is 0.369 e. The van der Waals surface area contributed by atoms with Gasteiger partial charge >= 0.3 is 22.8 Å². The second-order valence-corrected chi connectivity index (χ2v) is 16.6. The maximum atomic E-state index is 12.0. The molecule has 82 heavy (non-hydrogen) atoms. The van der Waals surface area contributed by atoms with Gasteiger partial charge in [-0.25, -0.2) is 33.2 Å². The molecule has 0 saturated heterocycles. The first-order valence-electron chi connectivity index (χ1n) is 25.6. The van der Waals surface area contributed by atoms with Crippen molar-refractivity contribution in [3.63, 3.8) is 0 Å². The molecule has 0 aromatic carbocycles. The standard InChI is InChI=1S/C11H13N9O2.C10H13N9O2.C9H11N9O2.C8H9N9O2/c1-18-11(21)20(17-16-18)10-8(6-22-9-4-5-12-13-9)19(15-14-10)7-2-3-7;1-3-18-7(6-21-8-4-5-11-12-8)9(13-14-18)19-10(20)17(2)15-16-19;1-16-6(5-20-7-3-4-10-11-7)8(12-13-16)18-9(19)17(2)14-15-18;1-16-8(18)17(15-14-16)7-5(10-13-12-7)4-19-6-2-3-9-11-6/h4-5,7H,2-3,6H2,1H3,(H,12,13);4-5H,3,6H2,1-2H3,(H,11,12);3-4H,5H2,1-2H3,(H,10,11);2-3H,4H2,1H3,(H,9,11)(H,10,12,13)/i/hT4. The van der Waals surface area contributed by atoms with E-state index < -0.39 is 22.8 Å². The van der Waals surface area contributed by atoms with E-state index in [1.807, 2.05) is 6.92 Å². The molecule has 1 saturated carbocycles. The van der Waals surface area contributed by atoms with Crippen molar-refractivity contribution in [2.45, 2.75) is 58.8 Å². The van der Waals surface area contributed by atoms with Gasteiger partial charge in [-0.1, -0.05) is 15.6 Å². The van der Waals surface area contributed by atoms with Crippen LogP contribution in [-0.4, -0.2) is 180 Å². The van der Waals surface area contributed by atoms with Crippen molar-refractivity contribution in [3.8, 4) is 46.8 Å². The van der Waals surface area contributed by atoms with Gasteiger partial charge in [-0.15, -0.1) is 59.5 Å². The number of aryl methyl sites for hydroxylation is 6. The Hall–Kier alpha value is -11.9. The topological polar surface area (TPSA) is 496 Å². The first kappa shape index (κ1) is 48.5. The van der Waals surface area contributed by atoms with Crippen LogP contribution in [-0.2, 0) is 68.2 Å². The van der Waals surface area contributed by atoms with Gasteiger partial charge in [0.25, 0.3) is 0 Å². The fourth-order valence-electron chi connectivity index (χ4n) is 6.84. The molecule has 44 nitrogen and oxygen atoms in total. The van der Waals surface area contributed by atoms with Gasteiger partial charge in [0.1, 0.15) is 49.2 Å². The highest BCUT2D eigenvalue weighted by molar-refractivity contribution is 5.28. The molecule has 0 spiro atoms. The summed E-state index contributed by atoms with van der Waals surface area (Å²) in [6.07, 6.45) is 7.77. The van der Waals surface area contributed by atoms with Crippen LogP contribution in [0.2, 0.25) is 5.65 Å². The molecule has 1 aliphatic carbocycles. The van der Waals surface area contributed by atoms with Gasteiger partial charge in [0, 0.05) is 90.8 Å². The number of H-pyrrole nitrogens is 5. The zero-order valence-corrected chi connectivity index (χ0v) is 43.6. The molecule has 0 aliphatic heterocycles. The summed E-state index contributed by atoms with van der Waals surface area (Å²) in [7, 11) is 7.63. The number of tetrazole rings is 4. The molecule has 0 amide bonds.